The van der Waals surface area contributed by atoms with Crippen molar-refractivity contribution in [3.63, 3.8) is 0 Å². The molecule has 0 radical (unpaired) electrons. The van der Waals surface area contributed by atoms with E-state index in [0.717, 1.165) is 42.3 Å². The predicted octanol–water partition coefficient (Wildman–Crippen LogP) is 4.19. The first-order valence-corrected chi connectivity index (χ1v) is 10.7. The quantitative estimate of drug-likeness (QED) is 0.678. The molecular formula is C25H25N5O. The molecule has 1 unspecified atom stereocenters. The molecule has 1 fully saturated rings. The van der Waals surface area contributed by atoms with Crippen molar-refractivity contribution in [2.45, 2.75) is 24.9 Å². The number of amidine groups is 1. The Bertz CT molecular complexity index is 1100. The van der Waals surface area contributed by atoms with Gasteiger partial charge in [-0.05, 0) is 42.7 Å². The summed E-state index contributed by atoms with van der Waals surface area (Å²) in [6.07, 6.45) is 3.56. The number of anilines is 2. The van der Waals surface area contributed by atoms with Gasteiger partial charge >= 0.3 is 0 Å². The lowest BCUT2D eigenvalue weighted by Gasteiger charge is -2.47. The number of piperidine rings is 1. The van der Waals surface area contributed by atoms with Gasteiger partial charge in [0.15, 0.2) is 5.82 Å². The smallest absolute Gasteiger partial charge is 0.253 e. The average Bonchev–Trinajstić information content (AvgIpc) is 2.83. The number of hydrogen-bond donors (Lipinski definition) is 2. The highest BCUT2D eigenvalue weighted by Gasteiger charge is 2.44. The molecule has 0 saturated carbocycles. The predicted molar refractivity (Wildman–Crippen MR) is 123 cm³/mol. The van der Waals surface area contributed by atoms with Gasteiger partial charge in [0.05, 0.1) is 18.8 Å². The fourth-order valence-corrected chi connectivity index (χ4v) is 4.39. The standard InChI is InChI=1S/C25H25N5O/c31-23(20-11-5-2-6-12-20)30-16-8-14-25(18-30)24(27-17-19-9-3-1-4-10-19)28-22-21(29-25)13-7-15-26-22/h1-7,9-13,15,29H,8,14,16-18H2,(H,26,27,28). The van der Waals surface area contributed by atoms with Crippen LogP contribution in [0.1, 0.15) is 28.8 Å². The van der Waals surface area contributed by atoms with Crippen molar-refractivity contribution in [2.75, 3.05) is 23.7 Å². The zero-order valence-corrected chi connectivity index (χ0v) is 17.3. The summed E-state index contributed by atoms with van der Waals surface area (Å²) in [6, 6.07) is 23.6. The number of likely N-dealkylation sites (tertiary alicyclic amines) is 1. The molecule has 1 amide bonds. The lowest BCUT2D eigenvalue weighted by molar-refractivity contribution is 0.0694. The van der Waals surface area contributed by atoms with E-state index in [1.807, 2.05) is 65.6 Å². The number of aromatic nitrogens is 1. The molecule has 1 saturated heterocycles. The summed E-state index contributed by atoms with van der Waals surface area (Å²) in [5, 5.41) is 7.15. The molecule has 156 valence electrons. The Balaban J connectivity index is 1.48. The number of carbonyl (C=O) groups excluding carboxylic acids is 1. The molecule has 5 rings (SSSR count). The largest absolute Gasteiger partial charge is 0.368 e. The Morgan fingerprint density at radius 1 is 1.03 bits per heavy atom. The Labute approximate surface area is 182 Å². The van der Waals surface area contributed by atoms with Crippen LogP contribution in [0.25, 0.3) is 0 Å². The molecule has 0 bridgehead atoms. The van der Waals surface area contributed by atoms with E-state index in [2.05, 4.69) is 27.8 Å². The first-order chi connectivity index (χ1) is 15.2. The second-order valence-electron chi connectivity index (χ2n) is 8.08. The van der Waals surface area contributed by atoms with Crippen LogP contribution in [0, 0.1) is 0 Å². The molecule has 6 nitrogen and oxygen atoms in total. The van der Waals surface area contributed by atoms with Crippen molar-refractivity contribution in [2.24, 2.45) is 4.99 Å². The van der Waals surface area contributed by atoms with Gasteiger partial charge in [-0.25, -0.2) is 4.98 Å². The topological polar surface area (TPSA) is 69.6 Å². The first-order valence-electron chi connectivity index (χ1n) is 10.7. The van der Waals surface area contributed by atoms with Gasteiger partial charge in [-0.3, -0.25) is 9.79 Å². The fraction of sp³-hybridized carbons (Fsp3) is 0.240. The third-order valence-corrected chi connectivity index (χ3v) is 5.93. The van der Waals surface area contributed by atoms with Gasteiger partial charge in [-0.15, -0.1) is 0 Å². The third-order valence-electron chi connectivity index (χ3n) is 5.93. The van der Waals surface area contributed by atoms with Crippen molar-refractivity contribution in [3.8, 4) is 0 Å². The minimum absolute atomic E-state index is 0.0564. The maximum absolute atomic E-state index is 13.2. The Morgan fingerprint density at radius 2 is 1.81 bits per heavy atom. The second kappa shape index (κ2) is 8.22. The first kappa shape index (κ1) is 19.3. The van der Waals surface area contributed by atoms with Crippen molar-refractivity contribution in [1.29, 1.82) is 0 Å². The van der Waals surface area contributed by atoms with Crippen LogP contribution in [0.2, 0.25) is 0 Å². The molecule has 2 aromatic carbocycles. The van der Waals surface area contributed by atoms with Crippen molar-refractivity contribution in [1.82, 2.24) is 9.88 Å². The summed E-state index contributed by atoms with van der Waals surface area (Å²) in [6.45, 7) is 1.86. The van der Waals surface area contributed by atoms with Gasteiger partial charge in [0, 0.05) is 18.3 Å². The number of amides is 1. The van der Waals surface area contributed by atoms with E-state index in [4.69, 9.17) is 4.99 Å². The lowest BCUT2D eigenvalue weighted by Crippen LogP contribution is -2.62. The number of hydrogen-bond acceptors (Lipinski definition) is 4. The number of pyridine rings is 1. The van der Waals surface area contributed by atoms with Crippen LogP contribution in [-0.2, 0) is 6.54 Å². The fourth-order valence-electron chi connectivity index (χ4n) is 4.39. The third kappa shape index (κ3) is 3.89. The van der Waals surface area contributed by atoms with Crippen molar-refractivity contribution in [3.05, 3.63) is 90.1 Å². The van der Waals surface area contributed by atoms with Gasteiger partial charge in [0.1, 0.15) is 11.4 Å². The number of fused-ring (bicyclic) bond motifs is 1. The molecule has 1 spiro atoms. The van der Waals surface area contributed by atoms with Gasteiger partial charge in [0.25, 0.3) is 5.91 Å². The van der Waals surface area contributed by atoms with Gasteiger partial charge < -0.3 is 15.5 Å². The van der Waals surface area contributed by atoms with Crippen molar-refractivity contribution >= 4 is 23.2 Å². The van der Waals surface area contributed by atoms with Crippen LogP contribution in [0.4, 0.5) is 11.5 Å². The van der Waals surface area contributed by atoms with E-state index in [1.165, 1.54) is 0 Å². The Hall–Kier alpha value is -3.67. The Kier molecular flexibility index (Phi) is 5.12. The van der Waals surface area contributed by atoms with E-state index in [0.29, 0.717) is 18.7 Å². The summed E-state index contributed by atoms with van der Waals surface area (Å²) in [4.78, 5) is 24.6. The lowest BCUT2D eigenvalue weighted by atomic mass is 9.85. The monoisotopic (exact) mass is 411 g/mol. The van der Waals surface area contributed by atoms with Gasteiger partial charge in [0.2, 0.25) is 0 Å². The molecule has 2 aliphatic heterocycles. The van der Waals surface area contributed by atoms with Crippen LogP contribution < -0.4 is 10.6 Å². The Morgan fingerprint density at radius 3 is 2.61 bits per heavy atom. The van der Waals surface area contributed by atoms with Crippen LogP contribution in [0.15, 0.2) is 84.0 Å². The van der Waals surface area contributed by atoms with E-state index in [1.54, 1.807) is 6.20 Å². The van der Waals surface area contributed by atoms with Crippen LogP contribution >= 0.6 is 0 Å². The zero-order valence-electron chi connectivity index (χ0n) is 17.3. The van der Waals surface area contributed by atoms with Gasteiger partial charge in [-0.1, -0.05) is 48.5 Å². The molecule has 2 aliphatic rings. The molecule has 1 atom stereocenters. The highest BCUT2D eigenvalue weighted by Crippen LogP contribution is 2.35. The number of benzene rings is 2. The van der Waals surface area contributed by atoms with E-state index in [9.17, 15) is 4.79 Å². The summed E-state index contributed by atoms with van der Waals surface area (Å²) in [7, 11) is 0. The molecule has 2 N–H and O–H groups in total. The van der Waals surface area contributed by atoms with E-state index < -0.39 is 5.54 Å². The molecular weight excluding hydrogens is 386 g/mol. The number of nitrogens with zero attached hydrogens (tertiary/aromatic N) is 3. The molecule has 1 aromatic heterocycles. The number of carbonyl (C=O) groups is 1. The van der Waals surface area contributed by atoms with Crippen LogP contribution in [0.3, 0.4) is 0 Å². The van der Waals surface area contributed by atoms with E-state index >= 15 is 0 Å². The zero-order chi connectivity index (χ0) is 21.1. The minimum atomic E-state index is -0.465. The maximum atomic E-state index is 13.2. The van der Waals surface area contributed by atoms with Crippen LogP contribution in [0.5, 0.6) is 0 Å². The number of aliphatic imine (C=N–C) groups is 1. The molecule has 6 heteroatoms. The summed E-state index contributed by atoms with van der Waals surface area (Å²) >= 11 is 0. The second-order valence-corrected chi connectivity index (χ2v) is 8.08. The molecule has 31 heavy (non-hydrogen) atoms. The highest BCUT2D eigenvalue weighted by atomic mass is 16.2. The SMILES string of the molecule is O=C(c1ccccc1)N1CCCC2(C1)Nc1cccnc1NC2=NCc1ccccc1. The summed E-state index contributed by atoms with van der Waals surface area (Å²) in [5.74, 6) is 1.67. The average molecular weight is 412 g/mol. The van der Waals surface area contributed by atoms with Crippen LogP contribution in [-0.4, -0.2) is 40.3 Å². The van der Waals surface area contributed by atoms with Crippen molar-refractivity contribution < 1.29 is 4.79 Å². The molecule has 0 aliphatic carbocycles. The summed E-state index contributed by atoms with van der Waals surface area (Å²) in [5.41, 5.74) is 2.34. The normalized spacial score (nSPS) is 21.3. The number of rotatable bonds is 3. The van der Waals surface area contributed by atoms with E-state index in [-0.39, 0.29) is 5.91 Å². The minimum Gasteiger partial charge on any atom is -0.368 e. The maximum Gasteiger partial charge on any atom is 0.253 e. The summed E-state index contributed by atoms with van der Waals surface area (Å²) < 4.78 is 0. The molecule has 3 heterocycles. The van der Waals surface area contributed by atoms with Gasteiger partial charge in [-0.2, -0.15) is 0 Å². The number of nitrogens with one attached hydrogen (secondary N) is 2. The highest BCUT2D eigenvalue weighted by molar-refractivity contribution is 6.09. The molecule has 3 aromatic rings.